The molecule has 1 aliphatic heterocycles. The van der Waals surface area contributed by atoms with Crippen LogP contribution in [0, 0.1) is 0 Å². The van der Waals surface area contributed by atoms with Crippen LogP contribution >= 0.6 is 0 Å². The van der Waals surface area contributed by atoms with Gasteiger partial charge in [-0.1, -0.05) is 29.4 Å². The first-order valence-corrected chi connectivity index (χ1v) is 11.2. The SMILES string of the molecule is CC(C)=CCC/C(C)=C\Cc1c2c(c3oc4c(O)cccc4c(=O)c3c1O)C=CC(C)(C)O2. The molecular formula is C28H30O5. The molecule has 172 valence electrons. The molecule has 0 bridgehead atoms. The van der Waals surface area contributed by atoms with Gasteiger partial charge in [-0.25, -0.2) is 0 Å². The number of hydrogen-bond acceptors (Lipinski definition) is 5. The Bertz CT molecular complexity index is 1400. The Morgan fingerprint density at radius 2 is 1.85 bits per heavy atom. The standard InChI is InChI=1S/C28H30O5/c1-16(2)8-6-9-17(3)12-13-19-24(31)22-23(30)18-10-7-11-21(29)26(18)32-27(22)20-14-15-28(4,5)33-25(19)20/h7-8,10-12,14-15,29,31H,6,9,13H2,1-5H3/b17-12-. The largest absolute Gasteiger partial charge is 0.507 e. The third kappa shape index (κ3) is 4.28. The first-order chi connectivity index (χ1) is 15.6. The Morgan fingerprint density at radius 3 is 2.58 bits per heavy atom. The third-order valence-corrected chi connectivity index (χ3v) is 5.95. The second-order valence-electron chi connectivity index (χ2n) is 9.47. The van der Waals surface area contributed by atoms with Crippen molar-refractivity contribution in [2.75, 3.05) is 0 Å². The predicted octanol–water partition coefficient (Wildman–Crippen LogP) is 6.78. The fourth-order valence-corrected chi connectivity index (χ4v) is 4.14. The second-order valence-corrected chi connectivity index (χ2v) is 9.47. The van der Waals surface area contributed by atoms with E-state index in [1.807, 2.05) is 26.0 Å². The molecule has 0 amide bonds. The number of ether oxygens (including phenoxy) is 1. The number of allylic oxidation sites excluding steroid dienone is 4. The number of benzene rings is 2. The highest BCUT2D eigenvalue weighted by molar-refractivity contribution is 6.01. The van der Waals surface area contributed by atoms with E-state index in [4.69, 9.17) is 9.15 Å². The number of phenolic OH excluding ortho intramolecular Hbond substituents is 2. The number of hydrogen-bond donors (Lipinski definition) is 2. The van der Waals surface area contributed by atoms with E-state index < -0.39 is 5.60 Å². The molecule has 0 saturated carbocycles. The molecule has 0 radical (unpaired) electrons. The highest BCUT2D eigenvalue weighted by Gasteiger charge is 2.30. The van der Waals surface area contributed by atoms with Gasteiger partial charge in [-0.05, 0) is 78.2 Å². The van der Waals surface area contributed by atoms with Crippen LogP contribution in [-0.4, -0.2) is 15.8 Å². The maximum atomic E-state index is 13.4. The summed E-state index contributed by atoms with van der Waals surface area (Å²) in [5.74, 6) is 0.237. The predicted molar refractivity (Wildman–Crippen MR) is 133 cm³/mol. The molecular weight excluding hydrogens is 416 g/mol. The zero-order chi connectivity index (χ0) is 23.9. The van der Waals surface area contributed by atoms with Crippen molar-refractivity contribution >= 4 is 28.0 Å². The molecule has 1 aromatic heterocycles. The molecule has 4 rings (SSSR count). The Morgan fingerprint density at radius 1 is 1.09 bits per heavy atom. The minimum atomic E-state index is -0.580. The summed E-state index contributed by atoms with van der Waals surface area (Å²) in [5.41, 5.74) is 2.98. The van der Waals surface area contributed by atoms with E-state index in [1.54, 1.807) is 12.1 Å². The van der Waals surface area contributed by atoms with Gasteiger partial charge in [0.1, 0.15) is 22.5 Å². The number of fused-ring (bicyclic) bond motifs is 4. The fourth-order valence-electron chi connectivity index (χ4n) is 4.14. The molecule has 5 heteroatoms. The van der Waals surface area contributed by atoms with Crippen LogP contribution in [-0.2, 0) is 6.42 Å². The van der Waals surface area contributed by atoms with Crippen LogP contribution < -0.4 is 10.2 Å². The number of phenols is 2. The van der Waals surface area contributed by atoms with Crippen molar-refractivity contribution in [2.24, 2.45) is 0 Å². The summed E-state index contributed by atoms with van der Waals surface area (Å²) in [6.45, 7) is 10.1. The number of aromatic hydroxyl groups is 2. The monoisotopic (exact) mass is 446 g/mol. The summed E-state index contributed by atoms with van der Waals surface area (Å²) in [7, 11) is 0. The summed E-state index contributed by atoms with van der Waals surface area (Å²) in [6.07, 6.45) is 10.3. The van der Waals surface area contributed by atoms with E-state index in [0.717, 1.165) is 12.8 Å². The fraction of sp³-hybridized carbons (Fsp3) is 0.321. The Hall–Kier alpha value is -3.47. The van der Waals surface area contributed by atoms with Crippen molar-refractivity contribution in [2.45, 2.75) is 59.5 Å². The molecule has 2 heterocycles. The van der Waals surface area contributed by atoms with Crippen LogP contribution in [0.1, 0.15) is 58.6 Å². The molecule has 3 aromatic rings. The average molecular weight is 447 g/mol. The van der Waals surface area contributed by atoms with E-state index in [0.29, 0.717) is 23.3 Å². The van der Waals surface area contributed by atoms with Crippen molar-refractivity contribution in [1.82, 2.24) is 0 Å². The Kier molecular flexibility index (Phi) is 5.83. The quantitative estimate of drug-likeness (QED) is 0.334. The van der Waals surface area contributed by atoms with Gasteiger partial charge in [0.25, 0.3) is 0 Å². The maximum Gasteiger partial charge on any atom is 0.204 e. The molecule has 2 N–H and O–H groups in total. The van der Waals surface area contributed by atoms with E-state index in [2.05, 4.69) is 32.9 Å². The molecule has 5 nitrogen and oxygen atoms in total. The first kappa shape index (κ1) is 22.7. The first-order valence-electron chi connectivity index (χ1n) is 11.2. The minimum Gasteiger partial charge on any atom is -0.507 e. The highest BCUT2D eigenvalue weighted by atomic mass is 16.5. The average Bonchev–Trinajstić information content (AvgIpc) is 2.73. The van der Waals surface area contributed by atoms with Crippen molar-refractivity contribution in [3.8, 4) is 17.2 Å². The minimum absolute atomic E-state index is 0.0950. The van der Waals surface area contributed by atoms with Crippen molar-refractivity contribution < 1.29 is 19.4 Å². The van der Waals surface area contributed by atoms with Gasteiger partial charge in [-0.3, -0.25) is 4.79 Å². The van der Waals surface area contributed by atoms with Gasteiger partial charge in [0.05, 0.1) is 10.9 Å². The van der Waals surface area contributed by atoms with Crippen LogP contribution in [0.3, 0.4) is 0 Å². The number of para-hydroxylation sites is 1. The van der Waals surface area contributed by atoms with E-state index >= 15 is 0 Å². The van der Waals surface area contributed by atoms with Crippen LogP contribution in [0.2, 0.25) is 0 Å². The lowest BCUT2D eigenvalue weighted by Gasteiger charge is -2.30. The van der Waals surface area contributed by atoms with E-state index in [-0.39, 0.29) is 38.9 Å². The Labute approximate surface area is 193 Å². The van der Waals surface area contributed by atoms with Gasteiger partial charge in [0.15, 0.2) is 16.9 Å². The lowest BCUT2D eigenvalue weighted by Crippen LogP contribution is -2.28. The molecule has 0 fully saturated rings. The van der Waals surface area contributed by atoms with Crippen molar-refractivity contribution in [1.29, 1.82) is 0 Å². The number of rotatable bonds is 5. The van der Waals surface area contributed by atoms with E-state index in [9.17, 15) is 15.0 Å². The van der Waals surface area contributed by atoms with Gasteiger partial charge in [-0.2, -0.15) is 0 Å². The molecule has 0 atom stereocenters. The Balaban J connectivity index is 1.93. The van der Waals surface area contributed by atoms with Crippen molar-refractivity contribution in [3.63, 3.8) is 0 Å². The maximum absolute atomic E-state index is 13.4. The van der Waals surface area contributed by atoms with Crippen LogP contribution in [0.5, 0.6) is 17.2 Å². The van der Waals surface area contributed by atoms with E-state index in [1.165, 1.54) is 17.2 Å². The van der Waals surface area contributed by atoms with Gasteiger partial charge in [0, 0.05) is 5.56 Å². The summed E-state index contributed by atoms with van der Waals surface area (Å²) >= 11 is 0. The highest BCUT2D eigenvalue weighted by Crippen LogP contribution is 2.45. The zero-order valence-corrected chi connectivity index (χ0v) is 19.8. The van der Waals surface area contributed by atoms with Gasteiger partial charge in [-0.15, -0.1) is 0 Å². The van der Waals surface area contributed by atoms with Gasteiger partial charge >= 0.3 is 0 Å². The topological polar surface area (TPSA) is 79.9 Å². The molecule has 1 aliphatic rings. The summed E-state index contributed by atoms with van der Waals surface area (Å²) in [4.78, 5) is 13.4. The van der Waals surface area contributed by atoms with Crippen LogP contribution in [0.15, 0.2) is 56.8 Å². The second kappa shape index (κ2) is 8.47. The lowest BCUT2D eigenvalue weighted by molar-refractivity contribution is 0.157. The molecule has 0 unspecified atom stereocenters. The summed E-state index contributed by atoms with van der Waals surface area (Å²) in [6, 6.07) is 4.64. The van der Waals surface area contributed by atoms with Crippen LogP contribution in [0.25, 0.3) is 28.0 Å². The third-order valence-electron chi connectivity index (χ3n) is 5.95. The smallest absolute Gasteiger partial charge is 0.204 e. The zero-order valence-electron chi connectivity index (χ0n) is 19.8. The normalized spacial score (nSPS) is 14.9. The van der Waals surface area contributed by atoms with Crippen molar-refractivity contribution in [3.05, 3.63) is 68.9 Å². The molecule has 0 spiro atoms. The lowest BCUT2D eigenvalue weighted by atomic mass is 9.94. The molecule has 2 aromatic carbocycles. The summed E-state index contributed by atoms with van der Waals surface area (Å²) in [5, 5.41) is 21.9. The molecule has 0 aliphatic carbocycles. The molecule has 0 saturated heterocycles. The van der Waals surface area contributed by atoms with Gasteiger partial charge in [0.2, 0.25) is 5.43 Å². The van der Waals surface area contributed by atoms with Crippen LogP contribution in [0.4, 0.5) is 0 Å². The summed E-state index contributed by atoms with van der Waals surface area (Å²) < 4.78 is 12.3. The van der Waals surface area contributed by atoms with Gasteiger partial charge < -0.3 is 19.4 Å². The molecule has 33 heavy (non-hydrogen) atoms.